The Hall–Kier alpha value is -2.29. The fraction of sp³-hybridized carbons (Fsp3) is 0.316. The molecule has 1 fully saturated rings. The lowest BCUT2D eigenvalue weighted by molar-refractivity contribution is 0.157. The van der Waals surface area contributed by atoms with Crippen molar-refractivity contribution in [1.29, 1.82) is 0 Å². The van der Waals surface area contributed by atoms with Crippen LogP contribution < -0.4 is 14.8 Å². The molecule has 0 saturated carbocycles. The lowest BCUT2D eigenvalue weighted by Crippen LogP contribution is -2.43. The highest BCUT2D eigenvalue weighted by Gasteiger charge is 2.37. The second-order valence-electron chi connectivity index (χ2n) is 6.81. The number of amides is 2. The molecule has 2 amide bonds. The van der Waals surface area contributed by atoms with E-state index in [9.17, 15) is 13.2 Å². The maximum atomic E-state index is 12.7. The number of rotatable bonds is 1. The fourth-order valence-corrected chi connectivity index (χ4v) is 5.12. The van der Waals surface area contributed by atoms with Gasteiger partial charge in [0, 0.05) is 19.5 Å². The first-order chi connectivity index (χ1) is 13.4. The van der Waals surface area contributed by atoms with Crippen LogP contribution in [0.2, 0.25) is 5.02 Å². The normalized spacial score (nSPS) is 23.4. The number of para-hydroxylation sites is 2. The number of anilines is 1. The van der Waals surface area contributed by atoms with Gasteiger partial charge < -0.3 is 15.0 Å². The summed E-state index contributed by atoms with van der Waals surface area (Å²) in [7, 11) is -3.67. The predicted molar refractivity (Wildman–Crippen MR) is 106 cm³/mol. The van der Waals surface area contributed by atoms with Gasteiger partial charge in [0.2, 0.25) is 10.0 Å². The van der Waals surface area contributed by atoms with E-state index in [1.54, 1.807) is 47.4 Å². The number of sulfonamides is 1. The van der Waals surface area contributed by atoms with Gasteiger partial charge in [0.15, 0.2) is 0 Å². The van der Waals surface area contributed by atoms with E-state index in [0.29, 0.717) is 42.4 Å². The van der Waals surface area contributed by atoms with Crippen LogP contribution in [-0.2, 0) is 10.0 Å². The Kier molecular flexibility index (Phi) is 5.18. The zero-order valence-corrected chi connectivity index (χ0v) is 16.5. The van der Waals surface area contributed by atoms with Crippen molar-refractivity contribution in [3.8, 4) is 5.75 Å². The molecule has 148 valence electrons. The number of hydrogen-bond donors (Lipinski definition) is 2. The summed E-state index contributed by atoms with van der Waals surface area (Å²) in [5, 5.41) is 3.27. The van der Waals surface area contributed by atoms with Gasteiger partial charge in [0.05, 0.1) is 16.8 Å². The first-order valence-electron chi connectivity index (χ1n) is 9.02. The molecule has 0 unspecified atom stereocenters. The second-order valence-corrected chi connectivity index (χ2v) is 8.89. The second kappa shape index (κ2) is 7.62. The van der Waals surface area contributed by atoms with Crippen LogP contribution in [-0.4, -0.2) is 44.6 Å². The third kappa shape index (κ3) is 3.80. The first kappa shape index (κ1) is 19.0. The number of hydrogen-bond acceptors (Lipinski definition) is 4. The average molecular weight is 422 g/mol. The van der Waals surface area contributed by atoms with Gasteiger partial charge in [-0.2, -0.15) is 0 Å². The first-order valence-corrected chi connectivity index (χ1v) is 10.9. The SMILES string of the molecule is O=C(Nc1ccccc1Cl)N1CC[C@@H]2NS(=O)(=O)c3ccccc3O[C@H]2CC1. The van der Waals surface area contributed by atoms with Crippen LogP contribution in [0.25, 0.3) is 0 Å². The Balaban J connectivity index is 1.50. The van der Waals surface area contributed by atoms with Gasteiger partial charge in [-0.1, -0.05) is 35.9 Å². The van der Waals surface area contributed by atoms with Crippen molar-refractivity contribution in [3.05, 3.63) is 53.6 Å². The Bertz CT molecular complexity index is 998. The Labute approximate surface area is 168 Å². The number of likely N-dealkylation sites (tertiary alicyclic amines) is 1. The van der Waals surface area contributed by atoms with E-state index in [2.05, 4.69) is 10.0 Å². The summed E-state index contributed by atoms with van der Waals surface area (Å²) in [5.74, 6) is 0.344. The van der Waals surface area contributed by atoms with E-state index in [4.69, 9.17) is 16.3 Å². The van der Waals surface area contributed by atoms with E-state index < -0.39 is 16.1 Å². The smallest absolute Gasteiger partial charge is 0.321 e. The Morgan fingerprint density at radius 1 is 1.11 bits per heavy atom. The van der Waals surface area contributed by atoms with Crippen molar-refractivity contribution >= 4 is 33.3 Å². The minimum absolute atomic E-state index is 0.149. The number of carbonyl (C=O) groups is 1. The van der Waals surface area contributed by atoms with Gasteiger partial charge in [-0.25, -0.2) is 17.9 Å². The van der Waals surface area contributed by atoms with E-state index in [1.165, 1.54) is 6.07 Å². The number of halogens is 1. The highest BCUT2D eigenvalue weighted by Crippen LogP contribution is 2.31. The zero-order valence-electron chi connectivity index (χ0n) is 15.0. The van der Waals surface area contributed by atoms with Crippen LogP contribution in [0.4, 0.5) is 10.5 Å². The van der Waals surface area contributed by atoms with Gasteiger partial charge in [-0.05, 0) is 30.7 Å². The molecule has 0 radical (unpaired) electrons. The van der Waals surface area contributed by atoms with Crippen molar-refractivity contribution in [1.82, 2.24) is 9.62 Å². The number of carbonyl (C=O) groups excluding carboxylic acids is 1. The molecule has 0 spiro atoms. The molecule has 0 aliphatic carbocycles. The predicted octanol–water partition coefficient (Wildman–Crippen LogP) is 3.08. The summed E-state index contributed by atoms with van der Waals surface area (Å²) in [6.07, 6.45) is 0.613. The van der Waals surface area contributed by atoms with E-state index in [0.717, 1.165) is 0 Å². The van der Waals surface area contributed by atoms with Crippen molar-refractivity contribution in [2.75, 3.05) is 18.4 Å². The van der Waals surface area contributed by atoms with Crippen molar-refractivity contribution in [3.63, 3.8) is 0 Å². The maximum absolute atomic E-state index is 12.7. The van der Waals surface area contributed by atoms with Crippen LogP contribution in [0.15, 0.2) is 53.4 Å². The van der Waals surface area contributed by atoms with Crippen molar-refractivity contribution in [2.24, 2.45) is 0 Å². The monoisotopic (exact) mass is 421 g/mol. The van der Waals surface area contributed by atoms with Crippen molar-refractivity contribution < 1.29 is 17.9 Å². The molecule has 2 aliphatic rings. The van der Waals surface area contributed by atoms with Crippen LogP contribution in [0.5, 0.6) is 5.75 Å². The molecule has 2 heterocycles. The molecule has 2 atom stereocenters. The lowest BCUT2D eigenvalue weighted by Gasteiger charge is -2.22. The summed E-state index contributed by atoms with van der Waals surface area (Å²) >= 11 is 6.11. The molecule has 2 aliphatic heterocycles. The number of nitrogens with zero attached hydrogens (tertiary/aromatic N) is 1. The highest BCUT2D eigenvalue weighted by atomic mass is 35.5. The van der Waals surface area contributed by atoms with Crippen molar-refractivity contribution in [2.45, 2.75) is 29.9 Å². The van der Waals surface area contributed by atoms with Crippen LogP contribution in [0, 0.1) is 0 Å². The van der Waals surface area contributed by atoms with E-state index in [1.807, 2.05) is 0 Å². The Morgan fingerprint density at radius 2 is 1.82 bits per heavy atom. The topological polar surface area (TPSA) is 87.7 Å². The van der Waals surface area contributed by atoms with Crippen LogP contribution in [0.3, 0.4) is 0 Å². The lowest BCUT2D eigenvalue weighted by atomic mass is 10.1. The molecule has 0 bridgehead atoms. The minimum atomic E-state index is -3.67. The average Bonchev–Trinajstić information content (AvgIpc) is 2.92. The molecule has 2 aromatic rings. The molecule has 28 heavy (non-hydrogen) atoms. The van der Waals surface area contributed by atoms with Crippen LogP contribution in [0.1, 0.15) is 12.8 Å². The van der Waals surface area contributed by atoms with Gasteiger partial charge in [-0.15, -0.1) is 0 Å². The largest absolute Gasteiger partial charge is 0.487 e. The third-order valence-corrected chi connectivity index (χ3v) is 6.83. The zero-order chi connectivity index (χ0) is 19.7. The van der Waals surface area contributed by atoms with Gasteiger partial charge in [-0.3, -0.25) is 0 Å². The summed E-state index contributed by atoms with van der Waals surface area (Å²) in [4.78, 5) is 14.5. The molecule has 4 rings (SSSR count). The summed E-state index contributed by atoms with van der Waals surface area (Å²) in [6.45, 7) is 0.848. The highest BCUT2D eigenvalue weighted by molar-refractivity contribution is 7.89. The Morgan fingerprint density at radius 3 is 2.64 bits per heavy atom. The molecule has 7 nitrogen and oxygen atoms in total. The van der Waals surface area contributed by atoms with E-state index >= 15 is 0 Å². The third-order valence-electron chi connectivity index (χ3n) is 4.97. The molecule has 2 aromatic carbocycles. The number of nitrogens with one attached hydrogen (secondary N) is 2. The number of ether oxygens (including phenoxy) is 1. The molecular formula is C19H20ClN3O4S. The summed E-state index contributed by atoms with van der Waals surface area (Å²) in [6, 6.07) is 13.0. The molecule has 9 heteroatoms. The van der Waals surface area contributed by atoms with Gasteiger partial charge >= 0.3 is 6.03 Å². The summed E-state index contributed by atoms with van der Waals surface area (Å²) < 4.78 is 34.1. The minimum Gasteiger partial charge on any atom is -0.487 e. The number of urea groups is 1. The van der Waals surface area contributed by atoms with Gasteiger partial charge in [0.1, 0.15) is 16.7 Å². The quantitative estimate of drug-likeness (QED) is 0.740. The molecule has 1 saturated heterocycles. The standard InChI is InChI=1S/C19H20ClN3O4S/c20-13-5-1-2-6-14(13)21-19(24)23-11-9-15-16(10-12-23)27-17-7-3-4-8-18(17)28(25,26)22-15/h1-8,15-16,22H,9-12H2,(H,21,24)/t15-,16-/m0/s1. The summed E-state index contributed by atoms with van der Waals surface area (Å²) in [5.41, 5.74) is 0.540. The molecule has 0 aromatic heterocycles. The van der Waals surface area contributed by atoms with E-state index in [-0.39, 0.29) is 17.0 Å². The van der Waals surface area contributed by atoms with Crippen LogP contribution >= 0.6 is 11.6 Å². The molecule has 2 N–H and O–H groups in total. The number of fused-ring (bicyclic) bond motifs is 2. The maximum Gasteiger partial charge on any atom is 0.321 e. The fourth-order valence-electron chi connectivity index (χ4n) is 3.51. The molecular weight excluding hydrogens is 402 g/mol. The van der Waals surface area contributed by atoms with Gasteiger partial charge in [0.25, 0.3) is 0 Å². The number of benzene rings is 2.